The van der Waals surface area contributed by atoms with Gasteiger partial charge in [-0.05, 0) is 42.6 Å². The van der Waals surface area contributed by atoms with Gasteiger partial charge in [0.05, 0.1) is 18.4 Å². The average molecular weight is 338 g/mol. The van der Waals surface area contributed by atoms with E-state index in [4.69, 9.17) is 4.74 Å². The second-order valence-corrected chi connectivity index (χ2v) is 6.40. The lowest BCUT2D eigenvalue weighted by atomic mass is 10.2. The van der Waals surface area contributed by atoms with Gasteiger partial charge in [0.2, 0.25) is 0 Å². The molecule has 0 spiro atoms. The Balaban J connectivity index is 1.72. The molecule has 0 saturated carbocycles. The van der Waals surface area contributed by atoms with Crippen molar-refractivity contribution in [1.29, 1.82) is 0 Å². The predicted molar refractivity (Wildman–Crippen MR) is 96.4 cm³/mol. The van der Waals surface area contributed by atoms with Crippen molar-refractivity contribution in [2.24, 2.45) is 0 Å². The topological polar surface area (TPSA) is 42.4 Å². The fourth-order valence-electron chi connectivity index (χ4n) is 2.25. The van der Waals surface area contributed by atoms with E-state index >= 15 is 0 Å². The minimum absolute atomic E-state index is 0.0106. The molecular formula is C19H18N2O2S. The van der Waals surface area contributed by atoms with Crippen molar-refractivity contribution in [3.63, 3.8) is 0 Å². The van der Waals surface area contributed by atoms with Crippen molar-refractivity contribution in [3.05, 3.63) is 76.7 Å². The van der Waals surface area contributed by atoms with E-state index in [9.17, 15) is 4.79 Å². The first kappa shape index (κ1) is 16.2. The first-order valence-corrected chi connectivity index (χ1v) is 8.52. The zero-order valence-electron chi connectivity index (χ0n) is 13.4. The summed E-state index contributed by atoms with van der Waals surface area (Å²) < 4.78 is 5.64. The first-order valence-electron chi connectivity index (χ1n) is 7.64. The largest absolute Gasteiger partial charge is 0.484 e. The fraction of sp³-hybridized carbons (Fsp3) is 0.158. The third-order valence-electron chi connectivity index (χ3n) is 3.54. The molecule has 3 rings (SSSR count). The van der Waals surface area contributed by atoms with Crippen LogP contribution in [0.3, 0.4) is 0 Å². The first-order chi connectivity index (χ1) is 11.7. The van der Waals surface area contributed by atoms with Crippen molar-refractivity contribution < 1.29 is 9.53 Å². The lowest BCUT2D eigenvalue weighted by Crippen LogP contribution is -2.34. The third-order valence-corrected chi connectivity index (χ3v) is 4.40. The average Bonchev–Trinajstić information content (AvgIpc) is 3.13. The fourth-order valence-corrected chi connectivity index (χ4v) is 2.95. The number of hydrogen-bond acceptors (Lipinski definition) is 4. The molecule has 0 atom stereocenters. The molecule has 1 aromatic carbocycles. The second-order valence-electron chi connectivity index (χ2n) is 5.37. The van der Waals surface area contributed by atoms with E-state index in [1.54, 1.807) is 28.6 Å². The monoisotopic (exact) mass is 338 g/mol. The Hall–Kier alpha value is -2.66. The van der Waals surface area contributed by atoms with Gasteiger partial charge in [-0.1, -0.05) is 23.8 Å². The number of amides is 1. The molecule has 0 saturated heterocycles. The Kier molecular flexibility index (Phi) is 5.23. The molecule has 0 N–H and O–H groups in total. The highest BCUT2D eigenvalue weighted by molar-refractivity contribution is 7.09. The van der Waals surface area contributed by atoms with Gasteiger partial charge in [-0.15, -0.1) is 11.3 Å². The summed E-state index contributed by atoms with van der Waals surface area (Å²) in [6.45, 7) is 2.52. The normalized spacial score (nSPS) is 10.4. The summed E-state index contributed by atoms with van der Waals surface area (Å²) in [7, 11) is 0. The zero-order valence-corrected chi connectivity index (χ0v) is 14.2. The van der Waals surface area contributed by atoms with Crippen molar-refractivity contribution in [3.8, 4) is 5.75 Å². The summed E-state index contributed by atoms with van der Waals surface area (Å²) in [5.41, 5.74) is 1.92. The summed E-state index contributed by atoms with van der Waals surface area (Å²) >= 11 is 1.62. The van der Waals surface area contributed by atoms with Crippen LogP contribution in [0.5, 0.6) is 5.75 Å². The Bertz CT molecular complexity index is 771. The molecule has 5 heteroatoms. The molecule has 0 aliphatic rings. The highest BCUT2D eigenvalue weighted by Crippen LogP contribution is 2.19. The Morgan fingerprint density at radius 1 is 1.17 bits per heavy atom. The molecular weight excluding hydrogens is 320 g/mol. The number of anilines is 1. The molecule has 24 heavy (non-hydrogen) atoms. The summed E-state index contributed by atoms with van der Waals surface area (Å²) in [4.78, 5) is 19.6. The minimum Gasteiger partial charge on any atom is -0.484 e. The van der Waals surface area contributed by atoms with Gasteiger partial charge in [0.25, 0.3) is 5.91 Å². The van der Waals surface area contributed by atoms with Crippen LogP contribution in [0.1, 0.15) is 10.4 Å². The van der Waals surface area contributed by atoms with Crippen LogP contribution in [0.4, 0.5) is 5.69 Å². The van der Waals surface area contributed by atoms with Crippen LogP contribution in [-0.2, 0) is 11.3 Å². The molecule has 0 aliphatic heterocycles. The van der Waals surface area contributed by atoms with Gasteiger partial charge in [0.1, 0.15) is 5.75 Å². The van der Waals surface area contributed by atoms with Crippen LogP contribution in [-0.4, -0.2) is 17.5 Å². The number of rotatable bonds is 6. The molecule has 2 heterocycles. The van der Waals surface area contributed by atoms with E-state index in [-0.39, 0.29) is 12.5 Å². The maximum absolute atomic E-state index is 12.7. The van der Waals surface area contributed by atoms with Gasteiger partial charge < -0.3 is 9.64 Å². The van der Waals surface area contributed by atoms with Gasteiger partial charge >= 0.3 is 0 Å². The van der Waals surface area contributed by atoms with Gasteiger partial charge in [-0.25, -0.2) is 0 Å². The third kappa shape index (κ3) is 4.20. The molecule has 0 unspecified atom stereocenters. The number of ether oxygens (including phenoxy) is 1. The lowest BCUT2D eigenvalue weighted by molar-refractivity contribution is -0.120. The van der Waals surface area contributed by atoms with E-state index in [2.05, 4.69) is 4.98 Å². The minimum atomic E-state index is -0.100. The van der Waals surface area contributed by atoms with Crippen LogP contribution >= 0.6 is 11.3 Å². The number of aryl methyl sites for hydroxylation is 1. The molecule has 2 aromatic heterocycles. The molecule has 0 bridgehead atoms. The number of aromatic nitrogens is 1. The van der Waals surface area contributed by atoms with Crippen LogP contribution in [0, 0.1) is 6.92 Å². The number of carbonyl (C=O) groups is 1. The van der Waals surface area contributed by atoms with E-state index in [0.29, 0.717) is 12.3 Å². The molecule has 1 amide bonds. The Labute approximate surface area is 145 Å². The second kappa shape index (κ2) is 7.75. The quantitative estimate of drug-likeness (QED) is 0.680. The molecule has 122 valence electrons. The maximum Gasteiger partial charge on any atom is 0.265 e. The van der Waals surface area contributed by atoms with Gasteiger partial charge in [0, 0.05) is 11.1 Å². The summed E-state index contributed by atoms with van der Waals surface area (Å²) in [6.07, 6.45) is 3.39. The number of pyridine rings is 1. The van der Waals surface area contributed by atoms with Crippen LogP contribution in [0.2, 0.25) is 0 Å². The van der Waals surface area contributed by atoms with Crippen LogP contribution in [0.25, 0.3) is 0 Å². The summed E-state index contributed by atoms with van der Waals surface area (Å²) in [5, 5.41) is 2.00. The van der Waals surface area contributed by atoms with Crippen molar-refractivity contribution in [2.45, 2.75) is 13.5 Å². The molecule has 0 aliphatic carbocycles. The highest BCUT2D eigenvalue weighted by atomic mass is 32.1. The van der Waals surface area contributed by atoms with E-state index in [1.165, 1.54) is 0 Å². The number of benzene rings is 1. The number of thiophene rings is 1. The summed E-state index contributed by atoms with van der Waals surface area (Å²) in [5.74, 6) is 0.591. The van der Waals surface area contributed by atoms with Crippen LogP contribution in [0.15, 0.2) is 66.3 Å². The maximum atomic E-state index is 12.7. The van der Waals surface area contributed by atoms with E-state index < -0.39 is 0 Å². The predicted octanol–water partition coefficient (Wildman–Crippen LogP) is 4.06. The molecule has 0 radical (unpaired) electrons. The number of carbonyl (C=O) groups excluding carboxylic acids is 1. The molecule has 4 nitrogen and oxygen atoms in total. The van der Waals surface area contributed by atoms with E-state index in [0.717, 1.165) is 16.1 Å². The van der Waals surface area contributed by atoms with Crippen molar-refractivity contribution in [2.75, 3.05) is 11.5 Å². The van der Waals surface area contributed by atoms with Gasteiger partial charge in [-0.3, -0.25) is 9.78 Å². The number of nitrogens with zero attached hydrogens (tertiary/aromatic N) is 2. The van der Waals surface area contributed by atoms with Gasteiger partial charge in [-0.2, -0.15) is 0 Å². The molecule has 0 fully saturated rings. The molecule has 3 aromatic rings. The van der Waals surface area contributed by atoms with Gasteiger partial charge in [0.15, 0.2) is 6.61 Å². The SMILES string of the molecule is Cc1ccc(OCC(=O)N(Cc2cccs2)c2cccnc2)cc1. The van der Waals surface area contributed by atoms with E-state index in [1.807, 2.05) is 60.8 Å². The number of hydrogen-bond donors (Lipinski definition) is 0. The smallest absolute Gasteiger partial charge is 0.265 e. The zero-order chi connectivity index (χ0) is 16.8. The highest BCUT2D eigenvalue weighted by Gasteiger charge is 2.17. The van der Waals surface area contributed by atoms with Crippen molar-refractivity contribution in [1.82, 2.24) is 4.98 Å². The lowest BCUT2D eigenvalue weighted by Gasteiger charge is -2.22. The summed E-state index contributed by atoms with van der Waals surface area (Å²) in [6, 6.07) is 15.4. The van der Waals surface area contributed by atoms with Crippen LogP contribution < -0.4 is 9.64 Å². The standard InChI is InChI=1S/C19H18N2O2S/c1-15-6-8-17(9-7-15)23-14-19(22)21(13-18-5-3-11-24-18)16-4-2-10-20-12-16/h2-12H,13-14H2,1H3. The Morgan fingerprint density at radius 3 is 2.67 bits per heavy atom. The van der Waals surface area contributed by atoms with Crippen molar-refractivity contribution >= 4 is 22.9 Å². The Morgan fingerprint density at radius 2 is 2.00 bits per heavy atom.